The number of halogens is 3. The predicted molar refractivity (Wildman–Crippen MR) is 107 cm³/mol. The lowest BCUT2D eigenvalue weighted by molar-refractivity contribution is -0.239. The molecule has 1 saturated heterocycles. The maximum atomic E-state index is 13.6. The van der Waals surface area contributed by atoms with Gasteiger partial charge in [-0.25, -0.2) is 0 Å². The molecule has 0 radical (unpaired) electrons. The molecule has 0 unspecified atom stereocenters. The minimum atomic E-state index is -4.71. The number of hydrogen-bond donors (Lipinski definition) is 1. The fraction of sp³-hybridized carbons (Fsp3) is 0.478. The van der Waals surface area contributed by atoms with Crippen molar-refractivity contribution in [3.63, 3.8) is 0 Å². The van der Waals surface area contributed by atoms with Gasteiger partial charge in [0.1, 0.15) is 0 Å². The summed E-state index contributed by atoms with van der Waals surface area (Å²) in [4.78, 5) is 6.36. The van der Waals surface area contributed by atoms with E-state index >= 15 is 0 Å². The molecule has 2 atom stereocenters. The van der Waals surface area contributed by atoms with Crippen LogP contribution < -0.4 is 0 Å². The first-order valence-corrected chi connectivity index (χ1v) is 9.99. The van der Waals surface area contributed by atoms with Crippen molar-refractivity contribution in [3.8, 4) is 6.07 Å². The first-order valence-electron chi connectivity index (χ1n) is 9.99. The van der Waals surface area contributed by atoms with Crippen LogP contribution in [0.1, 0.15) is 43.5 Å². The number of nitriles is 1. The number of rotatable bonds is 6. The van der Waals surface area contributed by atoms with E-state index in [0.29, 0.717) is 24.1 Å². The fourth-order valence-corrected chi connectivity index (χ4v) is 4.40. The van der Waals surface area contributed by atoms with Gasteiger partial charge in [0.05, 0.1) is 22.9 Å². The normalized spacial score (nSPS) is 21.4. The molecule has 0 bridgehead atoms. The number of benzene rings is 1. The molecule has 7 heteroatoms. The van der Waals surface area contributed by atoms with Gasteiger partial charge in [-0.1, -0.05) is 24.3 Å². The Bertz CT molecular complexity index is 908. The van der Waals surface area contributed by atoms with E-state index in [-0.39, 0.29) is 19.4 Å². The molecule has 0 saturated carbocycles. The summed E-state index contributed by atoms with van der Waals surface area (Å²) in [6.07, 6.45) is -4.80. The van der Waals surface area contributed by atoms with E-state index < -0.39 is 23.2 Å². The quantitative estimate of drug-likeness (QED) is 0.755. The number of aryl methyl sites for hydroxylation is 1. The monoisotopic (exact) mass is 417 g/mol. The molecule has 1 aliphatic rings. The lowest BCUT2D eigenvalue weighted by Gasteiger charge is -2.39. The van der Waals surface area contributed by atoms with Crippen LogP contribution in [0.3, 0.4) is 0 Å². The Hall–Kier alpha value is -2.43. The van der Waals surface area contributed by atoms with Gasteiger partial charge in [0, 0.05) is 18.2 Å². The van der Waals surface area contributed by atoms with E-state index in [1.807, 2.05) is 30.9 Å². The number of pyridine rings is 1. The molecule has 1 aromatic heterocycles. The van der Waals surface area contributed by atoms with E-state index in [1.165, 1.54) is 0 Å². The van der Waals surface area contributed by atoms with Crippen LogP contribution in [-0.4, -0.2) is 40.4 Å². The maximum Gasteiger partial charge on any atom is 0.414 e. The van der Waals surface area contributed by atoms with Crippen LogP contribution in [0.5, 0.6) is 0 Å². The van der Waals surface area contributed by atoms with Gasteiger partial charge >= 0.3 is 6.18 Å². The van der Waals surface area contributed by atoms with Crippen molar-refractivity contribution >= 4 is 0 Å². The molecule has 0 aliphatic carbocycles. The van der Waals surface area contributed by atoms with Crippen molar-refractivity contribution in [3.05, 3.63) is 65.5 Å². The third kappa shape index (κ3) is 4.35. The molecule has 2 heterocycles. The van der Waals surface area contributed by atoms with Crippen LogP contribution >= 0.6 is 0 Å². The highest BCUT2D eigenvalue weighted by atomic mass is 19.4. The summed E-state index contributed by atoms with van der Waals surface area (Å²) >= 11 is 0. The zero-order chi connectivity index (χ0) is 22.0. The van der Waals surface area contributed by atoms with Crippen molar-refractivity contribution < 1.29 is 18.3 Å². The highest BCUT2D eigenvalue weighted by Gasteiger charge is 2.56. The van der Waals surface area contributed by atoms with E-state index in [4.69, 9.17) is 0 Å². The predicted octanol–water partition coefficient (Wildman–Crippen LogP) is 4.44. The standard InChI is InChI=1S/C23H26F3N3O/c1-21(2,19-9-5-6-13-28-19)29-14-12-22(16-29,20(30)23(24,25)26)11-10-17-7-3-4-8-18(17)15-27/h3-9,13,20,30H,10-12,14,16H2,1-2H3/t20-,22-/m1/s1. The molecular weight excluding hydrogens is 391 g/mol. The smallest absolute Gasteiger partial charge is 0.383 e. The van der Waals surface area contributed by atoms with Crippen molar-refractivity contribution in [1.29, 1.82) is 5.26 Å². The van der Waals surface area contributed by atoms with E-state index in [9.17, 15) is 23.5 Å². The Labute approximate surface area is 175 Å². The number of aromatic nitrogens is 1. The Balaban J connectivity index is 1.88. The lowest BCUT2D eigenvalue weighted by atomic mass is 9.75. The van der Waals surface area contributed by atoms with E-state index in [2.05, 4.69) is 11.1 Å². The molecule has 1 fully saturated rings. The molecule has 160 valence electrons. The minimum Gasteiger partial charge on any atom is -0.383 e. The van der Waals surface area contributed by atoms with Crippen molar-refractivity contribution in [2.75, 3.05) is 13.1 Å². The van der Waals surface area contributed by atoms with Gasteiger partial charge in [-0.2, -0.15) is 18.4 Å². The second-order valence-corrected chi connectivity index (χ2v) is 8.52. The van der Waals surface area contributed by atoms with Gasteiger partial charge in [0.2, 0.25) is 0 Å². The summed E-state index contributed by atoms with van der Waals surface area (Å²) in [7, 11) is 0. The third-order valence-corrected chi connectivity index (χ3v) is 6.39. The average molecular weight is 417 g/mol. The van der Waals surface area contributed by atoms with Crippen molar-refractivity contribution in [1.82, 2.24) is 9.88 Å². The van der Waals surface area contributed by atoms with Gasteiger partial charge in [-0.3, -0.25) is 9.88 Å². The maximum absolute atomic E-state index is 13.6. The van der Waals surface area contributed by atoms with Gasteiger partial charge in [-0.05, 0) is 63.4 Å². The van der Waals surface area contributed by atoms with Crippen LogP contribution in [0.2, 0.25) is 0 Å². The first-order chi connectivity index (χ1) is 14.1. The second kappa shape index (κ2) is 8.37. The summed E-state index contributed by atoms with van der Waals surface area (Å²) in [6.45, 7) is 4.41. The van der Waals surface area contributed by atoms with Gasteiger partial charge in [0.15, 0.2) is 6.10 Å². The molecule has 0 spiro atoms. The first kappa shape index (κ1) is 22.3. The molecule has 3 rings (SSSR count). The number of likely N-dealkylation sites (tertiary alicyclic amines) is 1. The third-order valence-electron chi connectivity index (χ3n) is 6.39. The summed E-state index contributed by atoms with van der Waals surface area (Å²) in [5, 5.41) is 19.7. The molecule has 2 aromatic rings. The molecule has 1 N–H and O–H groups in total. The van der Waals surface area contributed by atoms with E-state index in [0.717, 1.165) is 5.69 Å². The number of alkyl halides is 3. The number of aliphatic hydroxyl groups excluding tert-OH is 1. The summed E-state index contributed by atoms with van der Waals surface area (Å²) in [6, 6.07) is 14.5. The van der Waals surface area contributed by atoms with Gasteiger partial charge < -0.3 is 5.11 Å². The number of hydrogen-bond acceptors (Lipinski definition) is 4. The zero-order valence-corrected chi connectivity index (χ0v) is 17.2. The average Bonchev–Trinajstić information content (AvgIpc) is 3.18. The number of nitrogens with zero attached hydrogens (tertiary/aromatic N) is 3. The molecule has 30 heavy (non-hydrogen) atoms. The number of aliphatic hydroxyl groups is 1. The van der Waals surface area contributed by atoms with Crippen molar-refractivity contribution in [2.24, 2.45) is 5.41 Å². The zero-order valence-electron chi connectivity index (χ0n) is 17.2. The van der Waals surface area contributed by atoms with Crippen LogP contribution in [-0.2, 0) is 12.0 Å². The summed E-state index contributed by atoms with van der Waals surface area (Å²) in [5.74, 6) is 0. The second-order valence-electron chi connectivity index (χ2n) is 8.52. The van der Waals surface area contributed by atoms with Gasteiger partial charge in [0.25, 0.3) is 0 Å². The minimum absolute atomic E-state index is 0.103. The lowest BCUT2D eigenvalue weighted by Crippen LogP contribution is -2.49. The summed E-state index contributed by atoms with van der Waals surface area (Å²) in [5.41, 5.74) is 0.0253. The Morgan fingerprint density at radius 2 is 1.90 bits per heavy atom. The summed E-state index contributed by atoms with van der Waals surface area (Å²) < 4.78 is 40.9. The van der Waals surface area contributed by atoms with Crippen molar-refractivity contribution in [2.45, 2.75) is 50.9 Å². The van der Waals surface area contributed by atoms with Gasteiger partial charge in [-0.15, -0.1) is 0 Å². The molecule has 1 aliphatic heterocycles. The van der Waals surface area contributed by atoms with Crippen LogP contribution in [0, 0.1) is 16.7 Å². The van der Waals surface area contributed by atoms with E-state index in [1.54, 1.807) is 36.5 Å². The molecule has 1 aromatic carbocycles. The van der Waals surface area contributed by atoms with Crippen LogP contribution in [0.15, 0.2) is 48.7 Å². The SMILES string of the molecule is CC(C)(c1ccccn1)N1CC[C@@](CCc2ccccc2C#N)([C@@H](O)C(F)(F)F)C1. The molecule has 0 amide bonds. The molecular formula is C23H26F3N3O. The topological polar surface area (TPSA) is 60.2 Å². The highest BCUT2D eigenvalue weighted by molar-refractivity contribution is 5.37. The Morgan fingerprint density at radius 1 is 1.20 bits per heavy atom. The molecule has 4 nitrogen and oxygen atoms in total. The Morgan fingerprint density at radius 3 is 2.53 bits per heavy atom. The van der Waals surface area contributed by atoms with Crippen LogP contribution in [0.4, 0.5) is 13.2 Å². The highest BCUT2D eigenvalue weighted by Crippen LogP contribution is 2.47. The fourth-order valence-electron chi connectivity index (χ4n) is 4.40. The van der Waals surface area contributed by atoms with Crippen LogP contribution in [0.25, 0.3) is 0 Å². The Kier molecular flexibility index (Phi) is 6.21. The largest absolute Gasteiger partial charge is 0.414 e.